The number of ether oxygens (including phenoxy) is 1. The van der Waals surface area contributed by atoms with Crippen molar-refractivity contribution in [2.24, 2.45) is 0 Å². The zero-order valence-corrected chi connectivity index (χ0v) is 13.5. The normalized spacial score (nSPS) is 10.7. The lowest BCUT2D eigenvalue weighted by Gasteiger charge is -2.12. The number of anilines is 1. The molecule has 0 aliphatic carbocycles. The van der Waals surface area contributed by atoms with Gasteiger partial charge in [-0.1, -0.05) is 17.7 Å². The van der Waals surface area contributed by atoms with Gasteiger partial charge in [0.05, 0.1) is 19.2 Å². The number of nitrogens with one attached hydrogen (secondary N) is 1. The van der Waals surface area contributed by atoms with E-state index in [0.717, 1.165) is 16.6 Å². The Morgan fingerprint density at radius 2 is 2.17 bits per heavy atom. The van der Waals surface area contributed by atoms with E-state index in [1.54, 1.807) is 12.1 Å². The Hall–Kier alpha value is -2.53. The average Bonchev–Trinajstić information content (AvgIpc) is 2.98. The zero-order valence-electron chi connectivity index (χ0n) is 12.7. The van der Waals surface area contributed by atoms with Crippen LogP contribution in [0.3, 0.4) is 0 Å². The van der Waals surface area contributed by atoms with Crippen LogP contribution in [0.15, 0.2) is 41.1 Å². The number of oxazole rings is 1. The first-order chi connectivity index (χ1) is 11.1. The molecule has 0 fully saturated rings. The van der Waals surface area contributed by atoms with Crippen LogP contribution in [0, 0.1) is 6.92 Å². The molecule has 0 bridgehead atoms. The summed E-state index contributed by atoms with van der Waals surface area (Å²) in [5.74, 6) is 0.378. The summed E-state index contributed by atoms with van der Waals surface area (Å²) in [7, 11) is 1.54. The van der Waals surface area contributed by atoms with E-state index in [-0.39, 0.29) is 12.3 Å². The molecule has 1 heterocycles. The molecule has 3 rings (SSSR count). The first-order valence-corrected chi connectivity index (χ1v) is 7.40. The van der Waals surface area contributed by atoms with Crippen molar-refractivity contribution >= 4 is 34.3 Å². The van der Waals surface area contributed by atoms with Crippen molar-refractivity contribution in [3.05, 3.63) is 52.9 Å². The van der Waals surface area contributed by atoms with Gasteiger partial charge in [-0.25, -0.2) is 4.98 Å². The topological polar surface area (TPSA) is 64.4 Å². The maximum Gasteiger partial charge on any atom is 0.228 e. The summed E-state index contributed by atoms with van der Waals surface area (Å²) in [4.78, 5) is 16.3. The molecule has 1 N–H and O–H groups in total. The third-order valence-corrected chi connectivity index (χ3v) is 3.92. The van der Waals surface area contributed by atoms with Crippen LogP contribution >= 0.6 is 11.6 Å². The van der Waals surface area contributed by atoms with Crippen molar-refractivity contribution in [2.75, 3.05) is 12.4 Å². The molecule has 118 valence electrons. The maximum atomic E-state index is 12.3. The van der Waals surface area contributed by atoms with Gasteiger partial charge in [-0.3, -0.25) is 4.79 Å². The van der Waals surface area contributed by atoms with Gasteiger partial charge in [0.15, 0.2) is 12.0 Å². The molecule has 1 amide bonds. The minimum absolute atomic E-state index is 0.149. The number of nitrogens with zero attached hydrogens (tertiary/aromatic N) is 1. The summed E-state index contributed by atoms with van der Waals surface area (Å²) < 4.78 is 10.5. The Balaban J connectivity index is 1.77. The first kappa shape index (κ1) is 15.4. The molecule has 3 aromatic rings. The number of halogens is 1. The number of hydrogen-bond acceptors (Lipinski definition) is 4. The van der Waals surface area contributed by atoms with Crippen LogP contribution in [0.2, 0.25) is 5.02 Å². The lowest BCUT2D eigenvalue weighted by Crippen LogP contribution is -2.15. The number of rotatable bonds is 4. The summed E-state index contributed by atoms with van der Waals surface area (Å²) >= 11 is 6.07. The van der Waals surface area contributed by atoms with Gasteiger partial charge < -0.3 is 14.5 Å². The van der Waals surface area contributed by atoms with E-state index in [9.17, 15) is 4.79 Å². The number of hydrogen-bond donors (Lipinski definition) is 1. The van der Waals surface area contributed by atoms with Gasteiger partial charge >= 0.3 is 0 Å². The van der Waals surface area contributed by atoms with Crippen LogP contribution in [0.1, 0.15) is 11.1 Å². The number of aryl methyl sites for hydroxylation is 1. The fourth-order valence-corrected chi connectivity index (χ4v) is 2.47. The van der Waals surface area contributed by atoms with E-state index in [0.29, 0.717) is 22.0 Å². The van der Waals surface area contributed by atoms with Gasteiger partial charge in [0.2, 0.25) is 5.91 Å². The SMILES string of the molecule is COc1cc(Cl)c(C)cc1NC(=O)Cc1ccc2ncoc2c1. The Kier molecular flexibility index (Phi) is 4.21. The highest BCUT2D eigenvalue weighted by Gasteiger charge is 2.11. The van der Waals surface area contributed by atoms with Crippen molar-refractivity contribution in [3.8, 4) is 5.75 Å². The highest BCUT2D eigenvalue weighted by atomic mass is 35.5. The maximum absolute atomic E-state index is 12.3. The quantitative estimate of drug-likeness (QED) is 0.786. The summed E-state index contributed by atoms with van der Waals surface area (Å²) in [5.41, 5.74) is 3.74. The van der Waals surface area contributed by atoms with E-state index < -0.39 is 0 Å². The van der Waals surface area contributed by atoms with Gasteiger partial charge in [-0.15, -0.1) is 0 Å². The number of fused-ring (bicyclic) bond motifs is 1. The molecule has 2 aromatic carbocycles. The fraction of sp³-hybridized carbons (Fsp3) is 0.176. The molecule has 1 aromatic heterocycles. The smallest absolute Gasteiger partial charge is 0.228 e. The monoisotopic (exact) mass is 330 g/mol. The number of methoxy groups -OCH3 is 1. The highest BCUT2D eigenvalue weighted by Crippen LogP contribution is 2.31. The van der Waals surface area contributed by atoms with Crippen molar-refractivity contribution in [1.82, 2.24) is 4.98 Å². The molecule has 0 saturated carbocycles. The molecule has 0 aliphatic heterocycles. The molecular formula is C17H15ClN2O3. The number of aromatic nitrogens is 1. The third-order valence-electron chi connectivity index (χ3n) is 3.52. The predicted octanol–water partition coefficient (Wildman–Crippen LogP) is 3.98. The second kappa shape index (κ2) is 6.30. The number of carbonyl (C=O) groups excluding carboxylic acids is 1. The summed E-state index contributed by atoms with van der Waals surface area (Å²) in [6.45, 7) is 1.87. The molecule has 5 nitrogen and oxygen atoms in total. The summed E-state index contributed by atoms with van der Waals surface area (Å²) in [6.07, 6.45) is 1.61. The Morgan fingerprint density at radius 3 is 2.96 bits per heavy atom. The first-order valence-electron chi connectivity index (χ1n) is 7.03. The lowest BCUT2D eigenvalue weighted by atomic mass is 10.1. The summed E-state index contributed by atoms with van der Waals surface area (Å²) in [6, 6.07) is 8.97. The number of benzene rings is 2. The van der Waals surface area contributed by atoms with E-state index in [4.69, 9.17) is 20.8 Å². The van der Waals surface area contributed by atoms with Crippen LogP contribution < -0.4 is 10.1 Å². The molecular weight excluding hydrogens is 316 g/mol. The third kappa shape index (κ3) is 3.29. The van der Waals surface area contributed by atoms with E-state index in [2.05, 4.69) is 10.3 Å². The van der Waals surface area contributed by atoms with Gasteiger partial charge in [0, 0.05) is 11.1 Å². The van der Waals surface area contributed by atoms with E-state index in [1.165, 1.54) is 13.5 Å². The second-order valence-corrected chi connectivity index (χ2v) is 5.59. The molecule has 0 unspecified atom stereocenters. The minimum Gasteiger partial charge on any atom is -0.495 e. The molecule has 0 radical (unpaired) electrons. The average molecular weight is 331 g/mol. The largest absolute Gasteiger partial charge is 0.495 e. The van der Waals surface area contributed by atoms with Crippen molar-refractivity contribution in [2.45, 2.75) is 13.3 Å². The standard InChI is InChI=1S/C17H15ClN2O3/c1-10-5-14(15(22-2)8-12(10)18)20-17(21)7-11-3-4-13-16(6-11)23-9-19-13/h3-6,8-9H,7H2,1-2H3,(H,20,21). The van der Waals surface area contributed by atoms with Crippen molar-refractivity contribution < 1.29 is 13.9 Å². The van der Waals surface area contributed by atoms with Gasteiger partial charge in [-0.2, -0.15) is 0 Å². The van der Waals surface area contributed by atoms with Gasteiger partial charge in [0.25, 0.3) is 0 Å². The van der Waals surface area contributed by atoms with Crippen LogP contribution in [0.25, 0.3) is 11.1 Å². The zero-order chi connectivity index (χ0) is 16.4. The lowest BCUT2D eigenvalue weighted by molar-refractivity contribution is -0.115. The van der Waals surface area contributed by atoms with Crippen LogP contribution in [0.4, 0.5) is 5.69 Å². The van der Waals surface area contributed by atoms with E-state index in [1.807, 2.05) is 25.1 Å². The molecule has 0 spiro atoms. The van der Waals surface area contributed by atoms with Crippen LogP contribution in [0.5, 0.6) is 5.75 Å². The highest BCUT2D eigenvalue weighted by molar-refractivity contribution is 6.31. The van der Waals surface area contributed by atoms with Crippen molar-refractivity contribution in [3.63, 3.8) is 0 Å². The number of amides is 1. The van der Waals surface area contributed by atoms with Gasteiger partial charge in [0.1, 0.15) is 11.3 Å². The van der Waals surface area contributed by atoms with Crippen molar-refractivity contribution in [1.29, 1.82) is 0 Å². The molecule has 23 heavy (non-hydrogen) atoms. The Labute approximate surface area is 138 Å². The second-order valence-electron chi connectivity index (χ2n) is 5.18. The van der Waals surface area contributed by atoms with Gasteiger partial charge in [-0.05, 0) is 36.2 Å². The van der Waals surface area contributed by atoms with Crippen LogP contribution in [-0.2, 0) is 11.2 Å². The Bertz CT molecular complexity index is 873. The molecule has 0 atom stereocenters. The summed E-state index contributed by atoms with van der Waals surface area (Å²) in [5, 5.41) is 3.44. The minimum atomic E-state index is -0.149. The molecule has 0 saturated heterocycles. The predicted molar refractivity (Wildman–Crippen MR) is 89.1 cm³/mol. The van der Waals surface area contributed by atoms with E-state index >= 15 is 0 Å². The van der Waals surface area contributed by atoms with Crippen LogP contribution in [-0.4, -0.2) is 18.0 Å². The fourth-order valence-electron chi connectivity index (χ4n) is 2.32. The molecule has 0 aliphatic rings. The number of carbonyl (C=O) groups is 1. The Morgan fingerprint density at radius 1 is 1.35 bits per heavy atom. The molecule has 6 heteroatoms.